The van der Waals surface area contributed by atoms with Crippen molar-refractivity contribution in [1.82, 2.24) is 4.98 Å². The average molecular weight is 142 g/mol. The van der Waals surface area contributed by atoms with Gasteiger partial charge in [0.1, 0.15) is 0 Å². The maximum Gasteiger partial charge on any atom is 0.276 e. The Kier molecular flexibility index (Phi) is 1.48. The van der Waals surface area contributed by atoms with Crippen molar-refractivity contribution in [2.24, 2.45) is 0 Å². The molecule has 1 heterocycles. The van der Waals surface area contributed by atoms with Crippen molar-refractivity contribution in [1.29, 1.82) is 0 Å². The molecule has 48 valence electrons. The van der Waals surface area contributed by atoms with Gasteiger partial charge in [0.2, 0.25) is 0 Å². The van der Waals surface area contributed by atoms with E-state index in [-0.39, 0.29) is 5.56 Å². The van der Waals surface area contributed by atoms with Crippen LogP contribution < -0.4 is 11.3 Å². The van der Waals surface area contributed by atoms with Crippen LogP contribution in [0.2, 0.25) is 0 Å². The van der Waals surface area contributed by atoms with Crippen molar-refractivity contribution in [2.75, 3.05) is 5.73 Å². The van der Waals surface area contributed by atoms with Gasteiger partial charge in [-0.05, 0) is 6.92 Å². The lowest BCUT2D eigenvalue weighted by molar-refractivity contribution is 1.23. The summed E-state index contributed by atoms with van der Waals surface area (Å²) in [6, 6.07) is 0. The van der Waals surface area contributed by atoms with Gasteiger partial charge in [-0.1, -0.05) is 0 Å². The first kappa shape index (κ1) is 6.22. The third-order valence-corrected chi connectivity index (χ3v) is 1.71. The molecule has 2 N–H and O–H groups in total. The van der Waals surface area contributed by atoms with Gasteiger partial charge >= 0.3 is 0 Å². The Bertz CT molecular complexity index is 268. The molecule has 9 heavy (non-hydrogen) atoms. The normalized spacial score (nSPS) is 9.44. The zero-order valence-electron chi connectivity index (χ0n) is 4.92. The average Bonchev–Trinajstić information content (AvgIpc) is 1.80. The summed E-state index contributed by atoms with van der Waals surface area (Å²) in [6.07, 6.45) is 0. The van der Waals surface area contributed by atoms with Crippen LogP contribution in [0.15, 0.2) is 10.2 Å². The first-order valence-corrected chi connectivity index (χ1v) is 3.30. The van der Waals surface area contributed by atoms with E-state index in [0.29, 0.717) is 10.7 Å². The molecule has 0 aromatic carbocycles. The van der Waals surface area contributed by atoms with Crippen molar-refractivity contribution >= 4 is 16.5 Å². The minimum Gasteiger partial charge on any atom is -0.375 e. The molecule has 1 rings (SSSR count). The number of hydrogen-bond donors (Lipinski definition) is 1. The topological polar surface area (TPSA) is 56.0 Å². The molecule has 0 spiro atoms. The Labute approximate surface area is 56.2 Å². The van der Waals surface area contributed by atoms with Gasteiger partial charge in [0, 0.05) is 10.9 Å². The first-order valence-electron chi connectivity index (χ1n) is 2.42. The van der Waals surface area contributed by atoms with E-state index in [1.54, 1.807) is 12.3 Å². The Morgan fingerprint density at radius 2 is 2.44 bits per heavy atom. The van der Waals surface area contributed by atoms with Crippen molar-refractivity contribution in [3.63, 3.8) is 0 Å². The van der Waals surface area contributed by atoms with E-state index in [1.165, 1.54) is 11.3 Å². The van der Waals surface area contributed by atoms with E-state index in [2.05, 4.69) is 4.98 Å². The largest absolute Gasteiger partial charge is 0.375 e. The highest BCUT2D eigenvalue weighted by Crippen LogP contribution is 2.02. The second-order valence-electron chi connectivity index (χ2n) is 1.67. The van der Waals surface area contributed by atoms with E-state index in [4.69, 9.17) is 5.73 Å². The van der Waals surface area contributed by atoms with E-state index in [1.807, 2.05) is 0 Å². The summed E-state index contributed by atoms with van der Waals surface area (Å²) in [5.41, 5.74) is 5.65. The van der Waals surface area contributed by atoms with Crippen LogP contribution in [-0.4, -0.2) is 4.98 Å². The monoisotopic (exact) mass is 142 g/mol. The van der Waals surface area contributed by atoms with Crippen LogP contribution in [0.1, 0.15) is 5.56 Å². The molecule has 0 unspecified atom stereocenters. The molecule has 1 aromatic heterocycles. The van der Waals surface area contributed by atoms with Crippen LogP contribution in [0.3, 0.4) is 0 Å². The fourth-order valence-corrected chi connectivity index (χ4v) is 0.948. The highest BCUT2D eigenvalue weighted by molar-refractivity contribution is 7.13. The lowest BCUT2D eigenvalue weighted by Gasteiger charge is -1.87. The molecule has 0 aliphatic rings. The van der Waals surface area contributed by atoms with Crippen LogP contribution in [-0.2, 0) is 0 Å². The predicted molar refractivity (Wildman–Crippen MR) is 37.5 cm³/mol. The van der Waals surface area contributed by atoms with E-state index in [9.17, 15) is 4.79 Å². The molecule has 0 amide bonds. The van der Waals surface area contributed by atoms with Crippen molar-refractivity contribution in [3.8, 4) is 0 Å². The van der Waals surface area contributed by atoms with Gasteiger partial charge in [0.15, 0.2) is 5.13 Å². The summed E-state index contributed by atoms with van der Waals surface area (Å²) in [7, 11) is 0. The van der Waals surface area contributed by atoms with Gasteiger partial charge in [0.05, 0.1) is 0 Å². The Balaban J connectivity index is 3.34. The number of hydrogen-bond acceptors (Lipinski definition) is 4. The minimum atomic E-state index is -0.230. The Morgan fingerprint density at radius 3 is 2.89 bits per heavy atom. The first-order chi connectivity index (χ1) is 4.20. The van der Waals surface area contributed by atoms with Crippen LogP contribution in [0, 0.1) is 6.92 Å². The van der Waals surface area contributed by atoms with Gasteiger partial charge in [-0.15, -0.1) is 11.3 Å². The highest BCUT2D eigenvalue weighted by atomic mass is 32.1. The van der Waals surface area contributed by atoms with Gasteiger partial charge < -0.3 is 5.73 Å². The number of anilines is 1. The van der Waals surface area contributed by atoms with Gasteiger partial charge in [-0.2, -0.15) is 4.98 Å². The predicted octanol–water partition coefficient (Wildman–Crippen LogP) is 0.394. The van der Waals surface area contributed by atoms with Crippen LogP contribution in [0.5, 0.6) is 0 Å². The molecule has 0 radical (unpaired) electrons. The van der Waals surface area contributed by atoms with E-state index < -0.39 is 0 Å². The second-order valence-corrected chi connectivity index (χ2v) is 2.56. The molecule has 0 aliphatic heterocycles. The summed E-state index contributed by atoms with van der Waals surface area (Å²) in [5, 5.41) is 2.02. The third kappa shape index (κ3) is 1.26. The van der Waals surface area contributed by atoms with Crippen LogP contribution in [0.4, 0.5) is 5.13 Å². The summed E-state index contributed by atoms with van der Waals surface area (Å²) >= 11 is 1.27. The Morgan fingerprint density at radius 1 is 1.78 bits per heavy atom. The molecular weight excluding hydrogens is 136 g/mol. The van der Waals surface area contributed by atoms with Gasteiger partial charge in [-0.3, -0.25) is 4.79 Å². The zero-order valence-corrected chi connectivity index (χ0v) is 5.73. The maximum absolute atomic E-state index is 10.7. The van der Waals surface area contributed by atoms with Gasteiger partial charge in [0.25, 0.3) is 5.56 Å². The number of aromatic nitrogens is 1. The minimum absolute atomic E-state index is 0.230. The fraction of sp³-hybridized carbons (Fsp3) is 0.200. The number of nitrogens with zero attached hydrogens (tertiary/aromatic N) is 1. The molecule has 0 aliphatic carbocycles. The second kappa shape index (κ2) is 2.14. The number of nitrogens with two attached hydrogens (primary N) is 1. The molecule has 4 heteroatoms. The Hall–Kier alpha value is -0.900. The molecule has 0 atom stereocenters. The van der Waals surface area contributed by atoms with Crippen LogP contribution in [0.25, 0.3) is 0 Å². The van der Waals surface area contributed by atoms with Crippen molar-refractivity contribution < 1.29 is 0 Å². The van der Waals surface area contributed by atoms with Gasteiger partial charge in [-0.25, -0.2) is 0 Å². The maximum atomic E-state index is 10.7. The molecule has 0 fully saturated rings. The summed E-state index contributed by atoms with van der Waals surface area (Å²) < 4.78 is 0. The lowest BCUT2D eigenvalue weighted by atomic mass is 10.4. The molecule has 1 aromatic rings. The van der Waals surface area contributed by atoms with Crippen molar-refractivity contribution in [3.05, 3.63) is 21.3 Å². The number of nitrogen functional groups attached to an aromatic ring is 1. The SMILES string of the molecule is Cc1csc(N)nc1=O. The summed E-state index contributed by atoms with van der Waals surface area (Å²) in [6.45, 7) is 1.71. The number of rotatable bonds is 0. The standard InChI is InChI=1S/C5H6N2OS/c1-3-2-9-5(6)7-4(3)8/h2H,1H3,(H2,6,7,8). The number of aryl methyl sites for hydroxylation is 1. The summed E-state index contributed by atoms with van der Waals surface area (Å²) in [4.78, 5) is 14.2. The zero-order chi connectivity index (χ0) is 6.85. The quantitative estimate of drug-likeness (QED) is 0.570. The molecule has 0 saturated heterocycles. The van der Waals surface area contributed by atoms with E-state index in [0.717, 1.165) is 0 Å². The van der Waals surface area contributed by atoms with Crippen molar-refractivity contribution in [2.45, 2.75) is 6.92 Å². The smallest absolute Gasteiger partial charge is 0.276 e. The lowest BCUT2D eigenvalue weighted by Crippen LogP contribution is -2.09. The molecule has 3 nitrogen and oxygen atoms in total. The molecular formula is C5H6N2OS. The highest BCUT2D eigenvalue weighted by Gasteiger charge is 1.92. The molecule has 0 saturated carbocycles. The van der Waals surface area contributed by atoms with Crippen LogP contribution >= 0.6 is 11.3 Å². The van der Waals surface area contributed by atoms with E-state index >= 15 is 0 Å². The third-order valence-electron chi connectivity index (χ3n) is 0.906. The molecule has 0 bridgehead atoms. The summed E-state index contributed by atoms with van der Waals surface area (Å²) in [5.74, 6) is 0. The fourth-order valence-electron chi connectivity index (χ4n) is 0.414.